The standard InChI is InChI=1S/C10H11NO2/c1-2-10(11,7-12)8-5-3-4-6-9(8)13/h2-7,13H,1,11H2. The molecule has 0 heterocycles. The van der Waals surface area contributed by atoms with Gasteiger partial charge in [0.15, 0.2) is 0 Å². The number of aromatic hydroxyl groups is 1. The lowest BCUT2D eigenvalue weighted by Gasteiger charge is -2.19. The predicted octanol–water partition coefficient (Wildman–Crippen LogP) is 0.931. The van der Waals surface area contributed by atoms with Crippen LogP contribution in [0.3, 0.4) is 0 Å². The molecule has 0 aliphatic rings. The molecule has 3 N–H and O–H groups in total. The van der Waals surface area contributed by atoms with Crippen molar-refractivity contribution in [3.8, 4) is 5.75 Å². The Morgan fingerprint density at radius 3 is 2.54 bits per heavy atom. The van der Waals surface area contributed by atoms with Crippen molar-refractivity contribution >= 4 is 6.29 Å². The molecule has 1 aromatic carbocycles. The number of carbonyl (C=O) groups is 1. The van der Waals surface area contributed by atoms with Gasteiger partial charge in [-0.1, -0.05) is 24.3 Å². The van der Waals surface area contributed by atoms with Gasteiger partial charge in [0.1, 0.15) is 17.6 Å². The van der Waals surface area contributed by atoms with Crippen LogP contribution in [0.5, 0.6) is 5.75 Å². The fourth-order valence-electron chi connectivity index (χ4n) is 1.06. The second kappa shape index (κ2) is 3.41. The molecule has 68 valence electrons. The maximum Gasteiger partial charge on any atom is 0.148 e. The second-order valence-corrected chi connectivity index (χ2v) is 2.77. The summed E-state index contributed by atoms with van der Waals surface area (Å²) in [6.45, 7) is 3.45. The molecule has 1 rings (SSSR count). The predicted molar refractivity (Wildman–Crippen MR) is 50.2 cm³/mol. The highest BCUT2D eigenvalue weighted by Crippen LogP contribution is 2.26. The van der Waals surface area contributed by atoms with E-state index in [1.54, 1.807) is 18.2 Å². The average Bonchev–Trinajstić information content (AvgIpc) is 2.17. The molecular weight excluding hydrogens is 166 g/mol. The van der Waals surface area contributed by atoms with E-state index in [0.717, 1.165) is 0 Å². The van der Waals surface area contributed by atoms with Crippen LogP contribution in [0.4, 0.5) is 0 Å². The Balaban J connectivity index is 3.27. The molecule has 0 fully saturated rings. The molecule has 0 aliphatic heterocycles. The summed E-state index contributed by atoms with van der Waals surface area (Å²) in [5.74, 6) is -0.00278. The number of carbonyl (C=O) groups excluding carboxylic acids is 1. The van der Waals surface area contributed by atoms with Crippen molar-refractivity contribution in [3.63, 3.8) is 0 Å². The highest BCUT2D eigenvalue weighted by Gasteiger charge is 2.25. The molecule has 0 spiro atoms. The molecule has 0 aromatic heterocycles. The Labute approximate surface area is 76.5 Å². The van der Waals surface area contributed by atoms with Gasteiger partial charge in [0.2, 0.25) is 0 Å². The van der Waals surface area contributed by atoms with Gasteiger partial charge in [-0.05, 0) is 6.07 Å². The van der Waals surface area contributed by atoms with Crippen molar-refractivity contribution in [3.05, 3.63) is 42.5 Å². The first kappa shape index (κ1) is 9.48. The number of benzene rings is 1. The first-order chi connectivity index (χ1) is 6.14. The van der Waals surface area contributed by atoms with Crippen LogP contribution in [0.15, 0.2) is 36.9 Å². The number of hydrogen-bond donors (Lipinski definition) is 2. The molecule has 1 unspecified atom stereocenters. The quantitative estimate of drug-likeness (QED) is 0.533. The normalized spacial score (nSPS) is 14.5. The summed E-state index contributed by atoms with van der Waals surface area (Å²) in [5.41, 5.74) is 4.73. The third-order valence-corrected chi connectivity index (χ3v) is 1.90. The summed E-state index contributed by atoms with van der Waals surface area (Å²) in [6.07, 6.45) is 1.85. The molecule has 3 nitrogen and oxygen atoms in total. The number of aldehydes is 1. The summed E-state index contributed by atoms with van der Waals surface area (Å²) < 4.78 is 0. The van der Waals surface area contributed by atoms with Gasteiger partial charge < -0.3 is 15.6 Å². The van der Waals surface area contributed by atoms with Gasteiger partial charge in [-0.2, -0.15) is 0 Å². The molecule has 0 saturated heterocycles. The zero-order valence-electron chi connectivity index (χ0n) is 7.10. The van der Waals surface area contributed by atoms with E-state index in [1.807, 2.05) is 0 Å². The zero-order chi connectivity index (χ0) is 9.90. The number of hydrogen-bond acceptors (Lipinski definition) is 3. The SMILES string of the molecule is C=CC(N)(C=O)c1ccccc1O. The Kier molecular flexibility index (Phi) is 2.49. The van der Waals surface area contributed by atoms with Crippen molar-refractivity contribution in [2.24, 2.45) is 5.73 Å². The largest absolute Gasteiger partial charge is 0.508 e. The highest BCUT2D eigenvalue weighted by molar-refractivity contribution is 5.72. The smallest absolute Gasteiger partial charge is 0.148 e. The molecule has 0 saturated carbocycles. The third-order valence-electron chi connectivity index (χ3n) is 1.90. The molecule has 0 bridgehead atoms. The van der Waals surface area contributed by atoms with E-state index in [0.29, 0.717) is 11.8 Å². The monoisotopic (exact) mass is 177 g/mol. The first-order valence-corrected chi connectivity index (χ1v) is 3.81. The van der Waals surface area contributed by atoms with Crippen molar-refractivity contribution in [2.75, 3.05) is 0 Å². The summed E-state index contributed by atoms with van der Waals surface area (Å²) in [5, 5.41) is 9.42. The van der Waals surface area contributed by atoms with Gasteiger partial charge >= 0.3 is 0 Å². The minimum absolute atomic E-state index is 0.00278. The molecule has 1 aromatic rings. The van der Waals surface area contributed by atoms with Gasteiger partial charge in [-0.15, -0.1) is 6.58 Å². The van der Waals surface area contributed by atoms with E-state index in [2.05, 4.69) is 6.58 Å². The minimum atomic E-state index is -1.30. The summed E-state index contributed by atoms with van der Waals surface area (Å²) in [6, 6.07) is 6.42. The molecule has 0 radical (unpaired) electrons. The Morgan fingerprint density at radius 1 is 1.46 bits per heavy atom. The van der Waals surface area contributed by atoms with Crippen molar-refractivity contribution in [1.82, 2.24) is 0 Å². The summed E-state index contributed by atoms with van der Waals surface area (Å²) >= 11 is 0. The van der Waals surface area contributed by atoms with E-state index >= 15 is 0 Å². The lowest BCUT2D eigenvalue weighted by Crippen LogP contribution is -2.35. The van der Waals surface area contributed by atoms with Gasteiger partial charge in [0.05, 0.1) is 0 Å². The van der Waals surface area contributed by atoms with E-state index in [9.17, 15) is 9.90 Å². The van der Waals surface area contributed by atoms with Crippen LogP contribution in [0.1, 0.15) is 5.56 Å². The van der Waals surface area contributed by atoms with E-state index in [4.69, 9.17) is 5.73 Å². The number of nitrogens with two attached hydrogens (primary N) is 1. The molecule has 0 aliphatic carbocycles. The first-order valence-electron chi connectivity index (χ1n) is 3.81. The van der Waals surface area contributed by atoms with Crippen molar-refractivity contribution in [1.29, 1.82) is 0 Å². The lowest BCUT2D eigenvalue weighted by atomic mass is 9.92. The fourth-order valence-corrected chi connectivity index (χ4v) is 1.06. The van der Waals surface area contributed by atoms with Crippen molar-refractivity contribution in [2.45, 2.75) is 5.54 Å². The third kappa shape index (κ3) is 1.60. The zero-order valence-corrected chi connectivity index (χ0v) is 7.10. The number of phenolic OH excluding ortho intramolecular Hbond substituents is 1. The highest BCUT2D eigenvalue weighted by atomic mass is 16.3. The Hall–Kier alpha value is -1.61. The van der Waals surface area contributed by atoms with Gasteiger partial charge in [-0.3, -0.25) is 0 Å². The summed E-state index contributed by atoms with van der Waals surface area (Å²) in [7, 11) is 0. The van der Waals surface area contributed by atoms with Crippen molar-refractivity contribution < 1.29 is 9.90 Å². The molecule has 13 heavy (non-hydrogen) atoms. The second-order valence-electron chi connectivity index (χ2n) is 2.77. The van der Waals surface area contributed by atoms with Crippen LogP contribution in [0.2, 0.25) is 0 Å². The van der Waals surface area contributed by atoms with Gasteiger partial charge in [-0.25, -0.2) is 0 Å². The van der Waals surface area contributed by atoms with E-state index < -0.39 is 5.54 Å². The lowest BCUT2D eigenvalue weighted by molar-refractivity contribution is -0.111. The number of rotatable bonds is 3. The van der Waals surface area contributed by atoms with Crippen LogP contribution in [-0.2, 0) is 10.3 Å². The molecular formula is C10H11NO2. The van der Waals surface area contributed by atoms with E-state index in [-0.39, 0.29) is 5.75 Å². The topological polar surface area (TPSA) is 63.3 Å². The Bertz CT molecular complexity index is 325. The van der Waals surface area contributed by atoms with Crippen LogP contribution >= 0.6 is 0 Å². The van der Waals surface area contributed by atoms with Gasteiger partial charge in [0.25, 0.3) is 0 Å². The minimum Gasteiger partial charge on any atom is -0.508 e. The van der Waals surface area contributed by atoms with Crippen LogP contribution in [-0.4, -0.2) is 11.4 Å². The van der Waals surface area contributed by atoms with Gasteiger partial charge in [0, 0.05) is 5.56 Å². The molecule has 3 heteroatoms. The fraction of sp³-hybridized carbons (Fsp3) is 0.100. The average molecular weight is 177 g/mol. The maximum atomic E-state index is 10.7. The van der Waals surface area contributed by atoms with Crippen LogP contribution in [0, 0.1) is 0 Å². The Morgan fingerprint density at radius 2 is 2.08 bits per heavy atom. The molecule has 1 atom stereocenters. The maximum absolute atomic E-state index is 10.7. The van der Waals surface area contributed by atoms with Crippen LogP contribution < -0.4 is 5.73 Å². The molecule has 0 amide bonds. The van der Waals surface area contributed by atoms with Crippen LogP contribution in [0.25, 0.3) is 0 Å². The number of phenols is 1. The number of para-hydroxylation sites is 1. The summed E-state index contributed by atoms with van der Waals surface area (Å²) in [4.78, 5) is 10.7. The van der Waals surface area contributed by atoms with E-state index in [1.165, 1.54) is 12.1 Å².